The van der Waals surface area contributed by atoms with Crippen molar-refractivity contribution in [1.82, 2.24) is 10.3 Å². The van der Waals surface area contributed by atoms with Crippen molar-refractivity contribution in [3.05, 3.63) is 50.9 Å². The third-order valence-corrected chi connectivity index (χ3v) is 3.83. The molecule has 2 nitrogen and oxygen atoms in total. The molecule has 2 aromatic rings. The highest BCUT2D eigenvalue weighted by Crippen LogP contribution is 2.24. The predicted octanol–water partition coefficient (Wildman–Crippen LogP) is 4.00. The molecule has 96 valence electrons. The summed E-state index contributed by atoms with van der Waals surface area (Å²) in [6.45, 7) is 5.14. The molecule has 0 aliphatic rings. The van der Waals surface area contributed by atoms with E-state index in [1.54, 1.807) is 11.3 Å². The number of aryl methyl sites for hydroxylation is 1. The average Bonchev–Trinajstić information content (AvgIpc) is 2.80. The van der Waals surface area contributed by atoms with Crippen LogP contribution in [0.5, 0.6) is 0 Å². The van der Waals surface area contributed by atoms with Gasteiger partial charge in [0.1, 0.15) is 0 Å². The van der Waals surface area contributed by atoms with E-state index in [2.05, 4.69) is 30.2 Å². The molecule has 0 saturated heterocycles. The summed E-state index contributed by atoms with van der Waals surface area (Å²) in [4.78, 5) is 5.42. The molecule has 1 atom stereocenters. The van der Waals surface area contributed by atoms with Gasteiger partial charge in [-0.2, -0.15) is 0 Å². The Morgan fingerprint density at radius 1 is 1.39 bits per heavy atom. The van der Waals surface area contributed by atoms with E-state index in [0.29, 0.717) is 6.04 Å². The summed E-state index contributed by atoms with van der Waals surface area (Å²) in [5.41, 5.74) is 4.32. The van der Waals surface area contributed by atoms with E-state index < -0.39 is 0 Å². The van der Waals surface area contributed by atoms with Gasteiger partial charge >= 0.3 is 0 Å². The topological polar surface area (TPSA) is 24.9 Å². The molecule has 0 saturated carbocycles. The van der Waals surface area contributed by atoms with Crippen LogP contribution in [0.2, 0.25) is 5.02 Å². The number of benzene rings is 1. The zero-order valence-electron chi connectivity index (χ0n) is 10.6. The molecule has 0 fully saturated rings. The average molecular weight is 281 g/mol. The second-order valence-corrected chi connectivity index (χ2v) is 5.75. The summed E-state index contributed by atoms with van der Waals surface area (Å²) in [5, 5.41) is 4.31. The Bertz CT molecular complexity index is 476. The fourth-order valence-corrected chi connectivity index (χ4v) is 3.00. The Balaban J connectivity index is 2.23. The van der Waals surface area contributed by atoms with Crippen molar-refractivity contribution in [2.75, 3.05) is 6.54 Å². The molecule has 0 bridgehead atoms. The first-order chi connectivity index (χ1) is 8.69. The first-order valence-electron chi connectivity index (χ1n) is 6.07. The van der Waals surface area contributed by atoms with E-state index in [1.165, 1.54) is 16.0 Å². The molecule has 0 aliphatic carbocycles. The SMILES string of the molecule is CCNC(Cc1cncs1)c1cc(C)cc(Cl)c1. The Morgan fingerprint density at radius 3 is 2.83 bits per heavy atom. The Kier molecular flexibility index (Phi) is 4.75. The van der Waals surface area contributed by atoms with Crippen LogP contribution in [0.1, 0.15) is 29.0 Å². The summed E-state index contributed by atoms with van der Waals surface area (Å²) >= 11 is 7.83. The van der Waals surface area contributed by atoms with Crippen molar-refractivity contribution in [2.45, 2.75) is 26.3 Å². The van der Waals surface area contributed by atoms with E-state index in [4.69, 9.17) is 11.6 Å². The lowest BCUT2D eigenvalue weighted by Crippen LogP contribution is -2.22. The molecule has 1 unspecified atom stereocenters. The van der Waals surface area contributed by atoms with Gasteiger partial charge in [0.15, 0.2) is 0 Å². The highest BCUT2D eigenvalue weighted by molar-refractivity contribution is 7.09. The van der Waals surface area contributed by atoms with E-state index in [9.17, 15) is 0 Å². The predicted molar refractivity (Wildman–Crippen MR) is 78.4 cm³/mol. The van der Waals surface area contributed by atoms with Crippen molar-refractivity contribution in [3.8, 4) is 0 Å². The molecule has 4 heteroatoms. The quantitative estimate of drug-likeness (QED) is 0.895. The number of halogens is 1. The van der Waals surface area contributed by atoms with E-state index in [0.717, 1.165) is 18.0 Å². The van der Waals surface area contributed by atoms with Crippen molar-refractivity contribution >= 4 is 22.9 Å². The summed E-state index contributed by atoms with van der Waals surface area (Å²) < 4.78 is 0. The Morgan fingerprint density at radius 2 is 2.22 bits per heavy atom. The Hall–Kier alpha value is -0.900. The van der Waals surface area contributed by atoms with Gasteiger partial charge in [-0.3, -0.25) is 4.98 Å². The second-order valence-electron chi connectivity index (χ2n) is 4.34. The number of aromatic nitrogens is 1. The summed E-state index contributed by atoms with van der Waals surface area (Å²) in [7, 11) is 0. The first kappa shape index (κ1) is 13.5. The van der Waals surface area contributed by atoms with Gasteiger partial charge in [0.2, 0.25) is 0 Å². The third kappa shape index (κ3) is 3.55. The standard InChI is InChI=1S/C14H17ClN2S/c1-3-17-14(7-13-8-16-9-18-13)11-4-10(2)5-12(15)6-11/h4-6,8-9,14,17H,3,7H2,1-2H3. The summed E-state index contributed by atoms with van der Waals surface area (Å²) in [6, 6.07) is 6.53. The lowest BCUT2D eigenvalue weighted by Gasteiger charge is -2.18. The second kappa shape index (κ2) is 6.32. The number of rotatable bonds is 5. The van der Waals surface area contributed by atoms with Crippen LogP contribution < -0.4 is 5.32 Å². The van der Waals surface area contributed by atoms with Crippen molar-refractivity contribution in [1.29, 1.82) is 0 Å². The minimum absolute atomic E-state index is 0.299. The van der Waals surface area contributed by atoms with E-state index in [-0.39, 0.29) is 0 Å². The van der Waals surface area contributed by atoms with Crippen LogP contribution in [-0.4, -0.2) is 11.5 Å². The molecule has 0 spiro atoms. The maximum atomic E-state index is 6.14. The van der Waals surface area contributed by atoms with Gasteiger partial charge in [0, 0.05) is 28.6 Å². The van der Waals surface area contributed by atoms with Crippen molar-refractivity contribution in [2.24, 2.45) is 0 Å². The van der Waals surface area contributed by atoms with Crippen LogP contribution in [0.25, 0.3) is 0 Å². The number of nitrogens with zero attached hydrogens (tertiary/aromatic N) is 1. The first-order valence-corrected chi connectivity index (χ1v) is 7.32. The van der Waals surface area contributed by atoms with Crippen molar-refractivity contribution in [3.63, 3.8) is 0 Å². The molecule has 1 aromatic carbocycles. The zero-order chi connectivity index (χ0) is 13.0. The van der Waals surface area contributed by atoms with E-state index in [1.807, 2.05) is 23.8 Å². The van der Waals surface area contributed by atoms with Gasteiger partial charge in [0.25, 0.3) is 0 Å². The molecule has 18 heavy (non-hydrogen) atoms. The fourth-order valence-electron chi connectivity index (χ4n) is 2.06. The van der Waals surface area contributed by atoms with Gasteiger partial charge in [0.05, 0.1) is 5.51 Å². The molecule has 0 amide bonds. The molecule has 2 rings (SSSR count). The number of hydrogen-bond acceptors (Lipinski definition) is 3. The lowest BCUT2D eigenvalue weighted by atomic mass is 10.0. The summed E-state index contributed by atoms with van der Waals surface area (Å²) in [5.74, 6) is 0. The van der Waals surface area contributed by atoms with Crippen LogP contribution in [0.15, 0.2) is 29.9 Å². The van der Waals surface area contributed by atoms with Gasteiger partial charge in [-0.05, 0) is 36.7 Å². The monoisotopic (exact) mass is 280 g/mol. The highest BCUT2D eigenvalue weighted by Gasteiger charge is 2.13. The number of hydrogen-bond donors (Lipinski definition) is 1. The van der Waals surface area contributed by atoms with Crippen LogP contribution in [0.3, 0.4) is 0 Å². The normalized spacial score (nSPS) is 12.6. The van der Waals surface area contributed by atoms with Gasteiger partial charge in [-0.1, -0.05) is 24.6 Å². The highest BCUT2D eigenvalue weighted by atomic mass is 35.5. The zero-order valence-corrected chi connectivity index (χ0v) is 12.2. The summed E-state index contributed by atoms with van der Waals surface area (Å²) in [6.07, 6.45) is 2.89. The molecule has 1 N–H and O–H groups in total. The van der Waals surface area contributed by atoms with Crippen LogP contribution >= 0.6 is 22.9 Å². The maximum Gasteiger partial charge on any atom is 0.0794 e. The van der Waals surface area contributed by atoms with Crippen LogP contribution in [0.4, 0.5) is 0 Å². The van der Waals surface area contributed by atoms with Gasteiger partial charge < -0.3 is 5.32 Å². The number of nitrogens with one attached hydrogen (secondary N) is 1. The molecular formula is C14H17ClN2S. The lowest BCUT2D eigenvalue weighted by molar-refractivity contribution is 0.553. The molecule has 1 aromatic heterocycles. The minimum atomic E-state index is 0.299. The van der Waals surface area contributed by atoms with Gasteiger partial charge in [-0.15, -0.1) is 11.3 Å². The van der Waals surface area contributed by atoms with Crippen LogP contribution in [0, 0.1) is 6.92 Å². The van der Waals surface area contributed by atoms with Crippen molar-refractivity contribution < 1.29 is 0 Å². The molecule has 1 heterocycles. The largest absolute Gasteiger partial charge is 0.310 e. The van der Waals surface area contributed by atoms with E-state index >= 15 is 0 Å². The Labute approximate surface area is 117 Å². The maximum absolute atomic E-state index is 6.14. The fraction of sp³-hybridized carbons (Fsp3) is 0.357. The van der Waals surface area contributed by atoms with Gasteiger partial charge in [-0.25, -0.2) is 0 Å². The molecule has 0 aliphatic heterocycles. The molecule has 0 radical (unpaired) electrons. The smallest absolute Gasteiger partial charge is 0.0794 e. The number of thiazole rings is 1. The minimum Gasteiger partial charge on any atom is -0.310 e. The van der Waals surface area contributed by atoms with Crippen LogP contribution in [-0.2, 0) is 6.42 Å². The number of likely N-dealkylation sites (N-methyl/N-ethyl adjacent to an activating group) is 1. The third-order valence-electron chi connectivity index (χ3n) is 2.81. The molecular weight excluding hydrogens is 264 g/mol.